The number of hydrogen-bond donors (Lipinski definition) is 2. The minimum atomic E-state index is -0.527. The lowest BCUT2D eigenvalue weighted by atomic mass is 10.1. The molecule has 8 heteroatoms. The maximum absolute atomic E-state index is 12.6. The fourth-order valence-electron chi connectivity index (χ4n) is 2.38. The molecular formula is C20H23N3O5. The number of aromatic nitrogens is 1. The van der Waals surface area contributed by atoms with Crippen molar-refractivity contribution in [1.29, 1.82) is 0 Å². The molecule has 28 heavy (non-hydrogen) atoms. The van der Waals surface area contributed by atoms with Gasteiger partial charge in [-0.2, -0.15) is 0 Å². The second-order valence-electron chi connectivity index (χ2n) is 5.78. The van der Waals surface area contributed by atoms with Gasteiger partial charge in [-0.05, 0) is 31.5 Å². The third-order valence-electron chi connectivity index (χ3n) is 3.74. The number of methoxy groups -OCH3 is 1. The van der Waals surface area contributed by atoms with Crippen molar-refractivity contribution in [3.63, 3.8) is 0 Å². The van der Waals surface area contributed by atoms with Crippen LogP contribution in [0.25, 0.3) is 0 Å². The molecule has 0 aliphatic rings. The summed E-state index contributed by atoms with van der Waals surface area (Å²) in [6.07, 6.45) is 3.42. The molecule has 0 saturated heterocycles. The summed E-state index contributed by atoms with van der Waals surface area (Å²) in [5.74, 6) is -1.34. The maximum atomic E-state index is 12.6. The van der Waals surface area contributed by atoms with Gasteiger partial charge in [-0.3, -0.25) is 14.6 Å². The van der Waals surface area contributed by atoms with E-state index >= 15 is 0 Å². The van der Waals surface area contributed by atoms with Crippen molar-refractivity contribution >= 4 is 23.5 Å². The molecule has 2 aromatic rings. The summed E-state index contributed by atoms with van der Waals surface area (Å²) in [6, 6.07) is 7.99. The SMILES string of the molecule is CCOC(=O)c1ccccc1NC(=O)c1cncc(C(=O)NCCCOC)c1. The Balaban J connectivity index is 2.09. The van der Waals surface area contributed by atoms with Gasteiger partial charge < -0.3 is 20.1 Å². The molecule has 0 aliphatic carbocycles. The molecule has 2 rings (SSSR count). The van der Waals surface area contributed by atoms with Gasteiger partial charge in [-0.25, -0.2) is 4.79 Å². The van der Waals surface area contributed by atoms with E-state index in [0.29, 0.717) is 25.3 Å². The van der Waals surface area contributed by atoms with Crippen LogP contribution in [0.5, 0.6) is 0 Å². The second-order valence-corrected chi connectivity index (χ2v) is 5.78. The van der Waals surface area contributed by atoms with Gasteiger partial charge in [0.15, 0.2) is 0 Å². The summed E-state index contributed by atoms with van der Waals surface area (Å²) < 4.78 is 9.93. The highest BCUT2D eigenvalue weighted by Gasteiger charge is 2.16. The number of pyridine rings is 1. The number of esters is 1. The van der Waals surface area contributed by atoms with Crippen molar-refractivity contribution in [1.82, 2.24) is 10.3 Å². The van der Waals surface area contributed by atoms with Crippen LogP contribution in [0.4, 0.5) is 5.69 Å². The van der Waals surface area contributed by atoms with E-state index in [0.717, 1.165) is 0 Å². The van der Waals surface area contributed by atoms with Gasteiger partial charge in [0.2, 0.25) is 0 Å². The van der Waals surface area contributed by atoms with E-state index in [2.05, 4.69) is 15.6 Å². The molecule has 0 spiro atoms. The molecule has 0 saturated carbocycles. The molecule has 0 bridgehead atoms. The molecule has 1 heterocycles. The number of carbonyl (C=O) groups excluding carboxylic acids is 3. The third-order valence-corrected chi connectivity index (χ3v) is 3.74. The number of para-hydroxylation sites is 1. The van der Waals surface area contributed by atoms with E-state index in [1.54, 1.807) is 38.3 Å². The van der Waals surface area contributed by atoms with Crippen molar-refractivity contribution in [3.8, 4) is 0 Å². The average molecular weight is 385 g/mol. The van der Waals surface area contributed by atoms with Crippen molar-refractivity contribution < 1.29 is 23.9 Å². The lowest BCUT2D eigenvalue weighted by Crippen LogP contribution is -2.26. The number of nitrogens with zero attached hydrogens (tertiary/aromatic N) is 1. The first-order valence-corrected chi connectivity index (χ1v) is 8.86. The van der Waals surface area contributed by atoms with Crippen molar-refractivity contribution in [2.24, 2.45) is 0 Å². The number of carbonyl (C=O) groups is 3. The Morgan fingerprint density at radius 1 is 1.07 bits per heavy atom. The predicted molar refractivity (Wildman–Crippen MR) is 103 cm³/mol. The molecule has 0 fully saturated rings. The van der Waals surface area contributed by atoms with Gasteiger partial charge in [0.25, 0.3) is 11.8 Å². The highest BCUT2D eigenvalue weighted by Crippen LogP contribution is 2.17. The first-order chi connectivity index (χ1) is 13.6. The monoisotopic (exact) mass is 385 g/mol. The highest BCUT2D eigenvalue weighted by atomic mass is 16.5. The third kappa shape index (κ3) is 5.88. The first kappa shape index (κ1) is 21.0. The van der Waals surface area contributed by atoms with Crippen LogP contribution in [-0.2, 0) is 9.47 Å². The van der Waals surface area contributed by atoms with Gasteiger partial charge in [-0.1, -0.05) is 12.1 Å². The summed E-state index contributed by atoms with van der Waals surface area (Å²) in [5.41, 5.74) is 1.03. The van der Waals surface area contributed by atoms with Crippen LogP contribution in [0.15, 0.2) is 42.7 Å². The van der Waals surface area contributed by atoms with E-state index < -0.39 is 11.9 Å². The standard InChI is InChI=1S/C20H23N3O5/c1-3-28-20(26)16-7-4-5-8-17(16)23-19(25)15-11-14(12-21-13-15)18(24)22-9-6-10-27-2/h4-5,7-8,11-13H,3,6,9-10H2,1-2H3,(H,22,24)(H,23,25). The molecule has 1 aromatic carbocycles. The molecule has 0 atom stereocenters. The summed E-state index contributed by atoms with van der Waals surface area (Å²) in [7, 11) is 1.59. The first-order valence-electron chi connectivity index (χ1n) is 8.86. The van der Waals surface area contributed by atoms with Crippen molar-refractivity contribution in [3.05, 3.63) is 59.4 Å². The van der Waals surface area contributed by atoms with Gasteiger partial charge in [0.1, 0.15) is 0 Å². The number of amides is 2. The van der Waals surface area contributed by atoms with Crippen molar-refractivity contribution in [2.75, 3.05) is 32.2 Å². The molecule has 1 aromatic heterocycles. The molecule has 0 radical (unpaired) electrons. The summed E-state index contributed by atoms with van der Waals surface area (Å²) in [6.45, 7) is 2.93. The number of anilines is 1. The number of nitrogens with one attached hydrogen (secondary N) is 2. The Kier molecular flexibility index (Phi) is 8.11. The zero-order valence-corrected chi connectivity index (χ0v) is 15.9. The Bertz CT molecular complexity index is 838. The molecule has 0 unspecified atom stereocenters. The summed E-state index contributed by atoms with van der Waals surface area (Å²) in [5, 5.41) is 5.40. The average Bonchev–Trinajstić information content (AvgIpc) is 2.71. The predicted octanol–water partition coefficient (Wildman–Crippen LogP) is 2.28. The minimum Gasteiger partial charge on any atom is -0.462 e. The number of benzene rings is 1. The maximum Gasteiger partial charge on any atom is 0.340 e. The van der Waals surface area contributed by atoms with Crippen LogP contribution in [0, 0.1) is 0 Å². The van der Waals surface area contributed by atoms with Crippen LogP contribution >= 0.6 is 0 Å². The number of rotatable bonds is 9. The van der Waals surface area contributed by atoms with Crippen LogP contribution in [0.2, 0.25) is 0 Å². The Labute approximate surface area is 163 Å². The second kappa shape index (κ2) is 10.8. The fraction of sp³-hybridized carbons (Fsp3) is 0.300. The zero-order valence-electron chi connectivity index (χ0n) is 15.9. The van der Waals surface area contributed by atoms with Crippen LogP contribution < -0.4 is 10.6 Å². The Morgan fingerprint density at radius 2 is 1.79 bits per heavy atom. The van der Waals surface area contributed by atoms with E-state index in [1.807, 2.05) is 0 Å². The largest absolute Gasteiger partial charge is 0.462 e. The lowest BCUT2D eigenvalue weighted by Gasteiger charge is -2.11. The molecular weight excluding hydrogens is 362 g/mol. The normalized spacial score (nSPS) is 10.2. The lowest BCUT2D eigenvalue weighted by molar-refractivity contribution is 0.0527. The Morgan fingerprint density at radius 3 is 2.50 bits per heavy atom. The molecule has 148 valence electrons. The topological polar surface area (TPSA) is 107 Å². The fourth-order valence-corrected chi connectivity index (χ4v) is 2.38. The molecule has 8 nitrogen and oxygen atoms in total. The van der Waals surface area contributed by atoms with Crippen LogP contribution in [-0.4, -0.2) is 49.6 Å². The van der Waals surface area contributed by atoms with E-state index in [4.69, 9.17) is 9.47 Å². The minimum absolute atomic E-state index is 0.197. The van der Waals surface area contributed by atoms with E-state index in [-0.39, 0.29) is 29.2 Å². The summed E-state index contributed by atoms with van der Waals surface area (Å²) in [4.78, 5) is 40.7. The van der Waals surface area contributed by atoms with Crippen molar-refractivity contribution in [2.45, 2.75) is 13.3 Å². The summed E-state index contributed by atoms with van der Waals surface area (Å²) >= 11 is 0. The van der Waals surface area contributed by atoms with Gasteiger partial charge >= 0.3 is 5.97 Å². The molecule has 0 aliphatic heterocycles. The van der Waals surface area contributed by atoms with Gasteiger partial charge in [0, 0.05) is 32.7 Å². The molecule has 2 amide bonds. The van der Waals surface area contributed by atoms with Crippen LogP contribution in [0.3, 0.4) is 0 Å². The van der Waals surface area contributed by atoms with Crippen LogP contribution in [0.1, 0.15) is 44.4 Å². The highest BCUT2D eigenvalue weighted by molar-refractivity contribution is 6.08. The Hall–Kier alpha value is -3.26. The van der Waals surface area contributed by atoms with Gasteiger partial charge in [-0.15, -0.1) is 0 Å². The number of hydrogen-bond acceptors (Lipinski definition) is 6. The van der Waals surface area contributed by atoms with Gasteiger partial charge in [0.05, 0.1) is 29.0 Å². The molecule has 2 N–H and O–H groups in total. The quantitative estimate of drug-likeness (QED) is 0.507. The van der Waals surface area contributed by atoms with E-state index in [1.165, 1.54) is 18.5 Å². The van der Waals surface area contributed by atoms with E-state index in [9.17, 15) is 14.4 Å². The number of ether oxygens (including phenoxy) is 2. The zero-order chi connectivity index (χ0) is 20.4. The smallest absolute Gasteiger partial charge is 0.340 e.